The van der Waals surface area contributed by atoms with Crippen LogP contribution < -0.4 is 5.32 Å². The molecule has 2 aromatic carbocycles. The maximum Gasteiger partial charge on any atom is 0.271 e. The highest BCUT2D eigenvalue weighted by Gasteiger charge is 2.12. The third-order valence-corrected chi connectivity index (χ3v) is 5.88. The van der Waals surface area contributed by atoms with Crippen molar-refractivity contribution < 1.29 is 9.72 Å². The molecule has 3 aromatic rings. The van der Waals surface area contributed by atoms with Crippen LogP contribution in [0.15, 0.2) is 52.2 Å². The molecule has 138 valence electrons. The minimum atomic E-state index is -0.480. The zero-order valence-corrected chi connectivity index (χ0v) is 16.4. The van der Waals surface area contributed by atoms with Crippen LogP contribution in [0, 0.1) is 24.0 Å². The molecule has 0 bridgehead atoms. The lowest BCUT2D eigenvalue weighted by molar-refractivity contribution is -0.384. The lowest BCUT2D eigenvalue weighted by Gasteiger charge is -2.07. The zero-order valence-electron chi connectivity index (χ0n) is 14.8. The molecule has 0 radical (unpaired) electrons. The number of aryl methyl sites for hydroxylation is 2. The minimum Gasteiger partial charge on any atom is -0.325 e. The molecule has 6 nitrogen and oxygen atoms in total. The number of aromatic nitrogens is 1. The number of nitro benzene ring substituents is 1. The predicted octanol–water partition coefficient (Wildman–Crippen LogP) is 5.07. The number of carbonyl (C=O) groups excluding carboxylic acids is 1. The molecule has 0 saturated carbocycles. The van der Waals surface area contributed by atoms with Crippen molar-refractivity contribution in [3.8, 4) is 11.3 Å². The number of benzene rings is 2. The molecule has 1 N–H and O–H groups in total. The first kappa shape index (κ1) is 19.1. The van der Waals surface area contributed by atoms with Gasteiger partial charge in [0.2, 0.25) is 5.91 Å². The number of carbonyl (C=O) groups is 1. The van der Waals surface area contributed by atoms with Gasteiger partial charge in [0, 0.05) is 23.1 Å². The third kappa shape index (κ3) is 4.93. The molecule has 8 heteroatoms. The Balaban J connectivity index is 1.61. The Morgan fingerprint density at radius 1 is 1.22 bits per heavy atom. The van der Waals surface area contributed by atoms with E-state index in [2.05, 4.69) is 10.3 Å². The van der Waals surface area contributed by atoms with Gasteiger partial charge < -0.3 is 5.32 Å². The Morgan fingerprint density at radius 3 is 2.67 bits per heavy atom. The van der Waals surface area contributed by atoms with Crippen molar-refractivity contribution in [1.29, 1.82) is 0 Å². The Bertz CT molecular complexity index is 984. The van der Waals surface area contributed by atoms with Crippen LogP contribution in [-0.4, -0.2) is 21.6 Å². The van der Waals surface area contributed by atoms with Crippen molar-refractivity contribution >= 4 is 40.4 Å². The molecule has 0 spiro atoms. The van der Waals surface area contributed by atoms with Gasteiger partial charge in [-0.1, -0.05) is 47.7 Å². The highest BCUT2D eigenvalue weighted by Crippen LogP contribution is 2.29. The van der Waals surface area contributed by atoms with E-state index in [-0.39, 0.29) is 17.3 Å². The number of nitrogens with one attached hydrogen (secondary N) is 1. The van der Waals surface area contributed by atoms with Gasteiger partial charge in [-0.3, -0.25) is 14.9 Å². The average molecular weight is 399 g/mol. The van der Waals surface area contributed by atoms with Crippen LogP contribution in [0.1, 0.15) is 11.1 Å². The molecule has 0 atom stereocenters. The molecule has 1 aromatic heterocycles. The van der Waals surface area contributed by atoms with Gasteiger partial charge in [0.25, 0.3) is 5.69 Å². The fourth-order valence-electron chi connectivity index (χ4n) is 2.35. The van der Waals surface area contributed by atoms with E-state index in [1.807, 2.05) is 36.6 Å². The number of anilines is 1. The maximum absolute atomic E-state index is 12.2. The van der Waals surface area contributed by atoms with Gasteiger partial charge in [0.05, 0.1) is 22.1 Å². The normalized spacial score (nSPS) is 10.6. The summed E-state index contributed by atoms with van der Waals surface area (Å²) < 4.78 is 0.802. The minimum absolute atomic E-state index is 0.0498. The van der Waals surface area contributed by atoms with Crippen LogP contribution in [0.4, 0.5) is 11.4 Å². The van der Waals surface area contributed by atoms with Crippen LogP contribution in [0.25, 0.3) is 11.3 Å². The molecular formula is C19H17N3O3S2. The van der Waals surface area contributed by atoms with E-state index in [0.29, 0.717) is 5.69 Å². The van der Waals surface area contributed by atoms with Crippen LogP contribution in [0.3, 0.4) is 0 Å². The fourth-order valence-corrected chi connectivity index (χ4v) is 3.99. The molecule has 0 aliphatic rings. The topological polar surface area (TPSA) is 85.1 Å². The standard InChI is InChI=1S/C19H17N3O3S2/c1-12-3-6-14(7-4-12)17-10-26-19(21-17)27-11-18(23)20-16-9-15(22(24)25)8-5-13(16)2/h3-10H,11H2,1-2H3,(H,20,23). The monoisotopic (exact) mass is 399 g/mol. The van der Waals surface area contributed by atoms with E-state index in [4.69, 9.17) is 0 Å². The van der Waals surface area contributed by atoms with E-state index in [1.54, 1.807) is 13.0 Å². The van der Waals surface area contributed by atoms with Gasteiger partial charge >= 0.3 is 0 Å². The van der Waals surface area contributed by atoms with E-state index >= 15 is 0 Å². The van der Waals surface area contributed by atoms with Gasteiger partial charge in [-0.15, -0.1) is 11.3 Å². The first-order chi connectivity index (χ1) is 12.9. The summed E-state index contributed by atoms with van der Waals surface area (Å²) in [6, 6.07) is 12.5. The number of amides is 1. The molecule has 0 aliphatic carbocycles. The number of non-ortho nitro benzene ring substituents is 1. The third-order valence-electron chi connectivity index (χ3n) is 3.86. The van der Waals surface area contributed by atoms with Crippen LogP contribution >= 0.6 is 23.1 Å². The first-order valence-corrected chi connectivity index (χ1v) is 9.99. The summed E-state index contributed by atoms with van der Waals surface area (Å²) in [6.07, 6.45) is 0. The molecule has 0 unspecified atom stereocenters. The summed E-state index contributed by atoms with van der Waals surface area (Å²) in [5.74, 6) is -0.0427. The fraction of sp³-hybridized carbons (Fsp3) is 0.158. The predicted molar refractivity (Wildman–Crippen MR) is 109 cm³/mol. The molecule has 0 aliphatic heterocycles. The largest absolute Gasteiger partial charge is 0.325 e. The Kier molecular flexibility index (Phi) is 5.88. The van der Waals surface area contributed by atoms with Crippen LogP contribution in [0.2, 0.25) is 0 Å². The van der Waals surface area contributed by atoms with E-state index in [1.165, 1.54) is 40.8 Å². The first-order valence-electron chi connectivity index (χ1n) is 8.12. The second-order valence-corrected chi connectivity index (χ2v) is 8.04. The van der Waals surface area contributed by atoms with Crippen LogP contribution in [-0.2, 0) is 4.79 Å². The highest BCUT2D eigenvalue weighted by atomic mass is 32.2. The summed E-state index contributed by atoms with van der Waals surface area (Å²) in [6.45, 7) is 3.83. The number of thioether (sulfide) groups is 1. The zero-order chi connectivity index (χ0) is 19.4. The lowest BCUT2D eigenvalue weighted by atomic mass is 10.1. The van der Waals surface area contributed by atoms with Gasteiger partial charge in [0.15, 0.2) is 4.34 Å². The number of hydrogen-bond donors (Lipinski definition) is 1. The van der Waals surface area contributed by atoms with Crippen molar-refractivity contribution in [3.63, 3.8) is 0 Å². The number of nitrogens with zero attached hydrogens (tertiary/aromatic N) is 2. The summed E-state index contributed by atoms with van der Waals surface area (Å²) in [5.41, 5.74) is 4.30. The average Bonchev–Trinajstić information content (AvgIpc) is 3.11. The van der Waals surface area contributed by atoms with Crippen molar-refractivity contribution in [2.45, 2.75) is 18.2 Å². The molecule has 0 saturated heterocycles. The van der Waals surface area contributed by atoms with Crippen molar-refractivity contribution in [3.05, 3.63) is 69.1 Å². The van der Waals surface area contributed by atoms with Crippen molar-refractivity contribution in [2.24, 2.45) is 0 Å². The molecule has 1 amide bonds. The van der Waals surface area contributed by atoms with Crippen molar-refractivity contribution in [2.75, 3.05) is 11.1 Å². The number of nitro groups is 1. The highest BCUT2D eigenvalue weighted by molar-refractivity contribution is 8.01. The van der Waals surface area contributed by atoms with Gasteiger partial charge in [-0.2, -0.15) is 0 Å². The summed E-state index contributed by atoms with van der Waals surface area (Å²) in [7, 11) is 0. The SMILES string of the molecule is Cc1ccc(-c2csc(SCC(=O)Nc3cc([N+](=O)[O-])ccc3C)n2)cc1. The summed E-state index contributed by atoms with van der Waals surface area (Å²) in [5, 5.41) is 15.6. The molecule has 0 fully saturated rings. The number of hydrogen-bond acceptors (Lipinski definition) is 6. The smallest absolute Gasteiger partial charge is 0.271 e. The lowest BCUT2D eigenvalue weighted by Crippen LogP contribution is -2.15. The van der Waals surface area contributed by atoms with Gasteiger partial charge in [-0.05, 0) is 19.4 Å². The second kappa shape index (κ2) is 8.32. The maximum atomic E-state index is 12.2. The number of thiazole rings is 1. The molecular weight excluding hydrogens is 382 g/mol. The molecule has 3 rings (SSSR count). The Morgan fingerprint density at radius 2 is 1.96 bits per heavy atom. The molecule has 1 heterocycles. The summed E-state index contributed by atoms with van der Waals surface area (Å²) in [4.78, 5) is 27.2. The van der Waals surface area contributed by atoms with Gasteiger partial charge in [0.1, 0.15) is 0 Å². The van der Waals surface area contributed by atoms with Crippen LogP contribution in [0.5, 0.6) is 0 Å². The Labute approximate surface area is 164 Å². The quantitative estimate of drug-likeness (QED) is 0.355. The second-order valence-electron chi connectivity index (χ2n) is 5.96. The molecule has 27 heavy (non-hydrogen) atoms. The summed E-state index contributed by atoms with van der Waals surface area (Å²) >= 11 is 2.83. The van der Waals surface area contributed by atoms with E-state index in [0.717, 1.165) is 21.2 Å². The number of rotatable bonds is 6. The van der Waals surface area contributed by atoms with Gasteiger partial charge in [-0.25, -0.2) is 4.98 Å². The van der Waals surface area contributed by atoms with E-state index < -0.39 is 4.92 Å². The van der Waals surface area contributed by atoms with Crippen molar-refractivity contribution in [1.82, 2.24) is 4.98 Å². The Hall–Kier alpha value is -2.71. The van der Waals surface area contributed by atoms with E-state index in [9.17, 15) is 14.9 Å².